The maximum atomic E-state index is 11.7. The molecule has 0 amide bonds. The summed E-state index contributed by atoms with van der Waals surface area (Å²) in [5, 5.41) is 0. The smallest absolute Gasteiger partial charge is 0.164 e. The Labute approximate surface area is 105 Å². The number of rotatable bonds is 0. The van der Waals surface area contributed by atoms with Crippen LogP contribution in [0.25, 0.3) is 0 Å². The molecule has 2 heterocycles. The molecule has 3 rings (SSSR count). The fraction of sp³-hybridized carbons (Fsp3) is 0.200. The molecule has 0 fully saturated rings. The molecule has 0 aliphatic heterocycles. The van der Waals surface area contributed by atoms with Crippen LogP contribution in [0, 0.1) is 11.8 Å². The van der Waals surface area contributed by atoms with Crippen LogP contribution in [0.15, 0.2) is 30.5 Å². The zero-order chi connectivity index (χ0) is 12.4. The van der Waals surface area contributed by atoms with E-state index in [4.69, 9.17) is 0 Å². The van der Waals surface area contributed by atoms with E-state index in [2.05, 4.69) is 21.8 Å². The van der Waals surface area contributed by atoms with Crippen LogP contribution in [-0.4, -0.2) is 15.8 Å². The Kier molecular flexibility index (Phi) is 2.70. The zero-order valence-corrected chi connectivity index (χ0v) is 9.86. The molecule has 0 bridgehead atoms. The summed E-state index contributed by atoms with van der Waals surface area (Å²) < 4.78 is 0. The van der Waals surface area contributed by atoms with Gasteiger partial charge in [-0.15, -0.1) is 0 Å². The van der Waals surface area contributed by atoms with Gasteiger partial charge in [-0.05, 0) is 48.9 Å². The van der Waals surface area contributed by atoms with E-state index in [-0.39, 0.29) is 5.78 Å². The van der Waals surface area contributed by atoms with Crippen molar-refractivity contribution in [1.82, 2.24) is 9.97 Å². The van der Waals surface area contributed by atoms with Gasteiger partial charge in [0.2, 0.25) is 0 Å². The maximum absolute atomic E-state index is 11.7. The van der Waals surface area contributed by atoms with E-state index in [0.29, 0.717) is 6.42 Å². The number of carbonyl (C=O) groups is 1. The van der Waals surface area contributed by atoms with E-state index in [1.54, 1.807) is 0 Å². The first-order chi connectivity index (χ1) is 8.83. The lowest BCUT2D eigenvalue weighted by Crippen LogP contribution is -2.12. The van der Waals surface area contributed by atoms with Crippen molar-refractivity contribution in [2.75, 3.05) is 0 Å². The number of nitrogens with one attached hydrogen (secondary N) is 1. The van der Waals surface area contributed by atoms with E-state index >= 15 is 0 Å². The number of hydrogen-bond acceptors (Lipinski definition) is 2. The lowest BCUT2D eigenvalue weighted by molar-refractivity contribution is 0.0971. The van der Waals surface area contributed by atoms with Gasteiger partial charge >= 0.3 is 0 Å². The molecule has 1 N–H and O–H groups in total. The van der Waals surface area contributed by atoms with E-state index in [9.17, 15) is 4.79 Å². The Morgan fingerprint density at radius 2 is 2.11 bits per heavy atom. The highest BCUT2D eigenvalue weighted by Gasteiger charge is 2.17. The van der Waals surface area contributed by atoms with Gasteiger partial charge in [-0.25, -0.2) is 4.98 Å². The second-order valence-electron chi connectivity index (χ2n) is 4.30. The predicted molar refractivity (Wildman–Crippen MR) is 68.3 cm³/mol. The molecule has 0 saturated heterocycles. The number of nitrogens with zero attached hydrogens (tertiary/aromatic N) is 1. The van der Waals surface area contributed by atoms with E-state index in [0.717, 1.165) is 35.5 Å². The van der Waals surface area contributed by atoms with Gasteiger partial charge in [0.15, 0.2) is 5.78 Å². The summed E-state index contributed by atoms with van der Waals surface area (Å²) in [5.74, 6) is 6.22. The number of hydrogen-bond donors (Lipinski definition) is 1. The second-order valence-corrected chi connectivity index (χ2v) is 4.30. The van der Waals surface area contributed by atoms with Crippen molar-refractivity contribution in [1.29, 1.82) is 0 Å². The fourth-order valence-corrected chi connectivity index (χ4v) is 2.11. The number of carbonyl (C=O) groups excluding carboxylic acids is 1. The summed E-state index contributed by atoms with van der Waals surface area (Å²) in [6, 6.07) is 7.48. The van der Waals surface area contributed by atoms with E-state index in [1.165, 1.54) is 0 Å². The lowest BCUT2D eigenvalue weighted by Gasteiger charge is -2.12. The Morgan fingerprint density at radius 1 is 1.17 bits per heavy atom. The highest BCUT2D eigenvalue weighted by Crippen LogP contribution is 2.19. The molecule has 2 aromatic rings. The monoisotopic (exact) mass is 236 g/mol. The van der Waals surface area contributed by atoms with Crippen LogP contribution in [-0.2, 0) is 6.42 Å². The van der Waals surface area contributed by atoms with Crippen LogP contribution in [0.3, 0.4) is 0 Å². The van der Waals surface area contributed by atoms with Gasteiger partial charge in [0, 0.05) is 18.2 Å². The van der Waals surface area contributed by atoms with Crippen LogP contribution in [0.4, 0.5) is 0 Å². The summed E-state index contributed by atoms with van der Waals surface area (Å²) in [4.78, 5) is 19.1. The minimum atomic E-state index is 0.202. The molecule has 1 aliphatic rings. The Morgan fingerprint density at radius 3 is 2.94 bits per heavy atom. The third-order valence-corrected chi connectivity index (χ3v) is 3.02. The SMILES string of the molecule is O=C1CCCc2nc(C#Cc3ccc[nH]3)ccc21. The van der Waals surface area contributed by atoms with Gasteiger partial charge in [-0.1, -0.05) is 0 Å². The molecule has 3 heteroatoms. The molecular formula is C15H12N2O. The summed E-state index contributed by atoms with van der Waals surface area (Å²) in [6.45, 7) is 0. The number of fused-ring (bicyclic) bond motifs is 1. The molecule has 1 aliphatic carbocycles. The highest BCUT2D eigenvalue weighted by molar-refractivity contribution is 5.98. The number of H-pyrrole nitrogens is 1. The molecule has 18 heavy (non-hydrogen) atoms. The van der Waals surface area contributed by atoms with Crippen molar-refractivity contribution in [2.45, 2.75) is 19.3 Å². The van der Waals surface area contributed by atoms with Crippen molar-refractivity contribution in [3.63, 3.8) is 0 Å². The number of aromatic nitrogens is 2. The zero-order valence-electron chi connectivity index (χ0n) is 9.86. The van der Waals surface area contributed by atoms with Gasteiger partial charge in [-0.3, -0.25) is 4.79 Å². The van der Waals surface area contributed by atoms with Gasteiger partial charge < -0.3 is 4.98 Å². The number of aromatic amines is 1. The molecule has 0 aromatic carbocycles. The normalized spacial score (nSPS) is 13.7. The van der Waals surface area contributed by atoms with Crippen LogP contribution >= 0.6 is 0 Å². The first kappa shape index (κ1) is 10.8. The highest BCUT2D eigenvalue weighted by atomic mass is 16.1. The summed E-state index contributed by atoms with van der Waals surface area (Å²) >= 11 is 0. The minimum Gasteiger partial charge on any atom is -0.355 e. The minimum absolute atomic E-state index is 0.202. The van der Waals surface area contributed by atoms with Crippen molar-refractivity contribution in [2.24, 2.45) is 0 Å². The van der Waals surface area contributed by atoms with Crippen molar-refractivity contribution in [3.8, 4) is 11.8 Å². The fourth-order valence-electron chi connectivity index (χ4n) is 2.11. The van der Waals surface area contributed by atoms with Crippen LogP contribution in [0.5, 0.6) is 0 Å². The van der Waals surface area contributed by atoms with Crippen LogP contribution in [0.1, 0.15) is 40.3 Å². The van der Waals surface area contributed by atoms with Crippen LogP contribution < -0.4 is 0 Å². The Balaban J connectivity index is 1.93. The summed E-state index contributed by atoms with van der Waals surface area (Å²) in [6.07, 6.45) is 4.25. The lowest BCUT2D eigenvalue weighted by atomic mass is 9.94. The molecule has 88 valence electrons. The molecule has 0 radical (unpaired) electrons. The quantitative estimate of drug-likeness (QED) is 0.713. The number of Topliss-reactive ketones (excluding diaryl/α,β-unsaturated/α-hetero) is 1. The molecule has 0 saturated carbocycles. The van der Waals surface area contributed by atoms with Gasteiger partial charge in [0.1, 0.15) is 5.69 Å². The van der Waals surface area contributed by atoms with Gasteiger partial charge in [-0.2, -0.15) is 0 Å². The summed E-state index contributed by atoms with van der Waals surface area (Å²) in [7, 11) is 0. The van der Waals surface area contributed by atoms with Gasteiger partial charge in [0.25, 0.3) is 0 Å². The third kappa shape index (κ3) is 2.05. The molecular weight excluding hydrogens is 224 g/mol. The average molecular weight is 236 g/mol. The van der Waals surface area contributed by atoms with E-state index in [1.807, 2.05) is 30.5 Å². The van der Waals surface area contributed by atoms with Gasteiger partial charge in [0.05, 0.1) is 11.4 Å². The molecule has 3 nitrogen and oxygen atoms in total. The first-order valence-electron chi connectivity index (χ1n) is 6.01. The molecule has 0 spiro atoms. The van der Waals surface area contributed by atoms with Crippen molar-refractivity contribution < 1.29 is 4.79 Å². The molecule has 0 atom stereocenters. The maximum Gasteiger partial charge on any atom is 0.164 e. The topological polar surface area (TPSA) is 45.8 Å². The average Bonchev–Trinajstić information content (AvgIpc) is 2.90. The predicted octanol–water partition coefficient (Wildman–Crippen LogP) is 2.33. The van der Waals surface area contributed by atoms with Crippen molar-refractivity contribution >= 4 is 5.78 Å². The van der Waals surface area contributed by atoms with Crippen LogP contribution in [0.2, 0.25) is 0 Å². The third-order valence-electron chi connectivity index (χ3n) is 3.02. The standard InChI is InChI=1S/C15H12N2O/c18-15-5-1-4-14-13(15)9-8-12(17-14)7-6-11-3-2-10-16-11/h2-3,8-10,16H,1,4-5H2. The van der Waals surface area contributed by atoms with Crippen molar-refractivity contribution in [3.05, 3.63) is 53.1 Å². The van der Waals surface area contributed by atoms with E-state index < -0.39 is 0 Å². The number of pyridine rings is 1. The number of ketones is 1. The first-order valence-corrected chi connectivity index (χ1v) is 6.01. The molecule has 0 unspecified atom stereocenters. The number of aryl methyl sites for hydroxylation is 1. The second kappa shape index (κ2) is 4.50. The Bertz CT molecular complexity index is 645. The molecule has 2 aromatic heterocycles. The Hall–Kier alpha value is -2.34. The largest absolute Gasteiger partial charge is 0.355 e. The summed E-state index contributed by atoms with van der Waals surface area (Å²) in [5.41, 5.74) is 3.25.